The van der Waals surface area contributed by atoms with Gasteiger partial charge in [0.25, 0.3) is 0 Å². The highest BCUT2D eigenvalue weighted by atomic mass is 35.5. The molecule has 3 nitrogen and oxygen atoms in total. The summed E-state index contributed by atoms with van der Waals surface area (Å²) in [6.45, 7) is 1.74. The highest BCUT2D eigenvalue weighted by Crippen LogP contribution is 2.33. The van der Waals surface area contributed by atoms with Crippen molar-refractivity contribution in [3.05, 3.63) is 98.9 Å². The summed E-state index contributed by atoms with van der Waals surface area (Å²) in [5, 5.41) is 0.783. The number of rotatable bonds is 4. The molecule has 0 fully saturated rings. The Bertz CT molecular complexity index is 1220. The molecule has 0 atom stereocenters. The van der Waals surface area contributed by atoms with E-state index in [-0.39, 0.29) is 17.8 Å². The van der Waals surface area contributed by atoms with Gasteiger partial charge in [0, 0.05) is 16.1 Å². The number of benzene rings is 3. The quantitative estimate of drug-likeness (QED) is 0.417. The summed E-state index contributed by atoms with van der Waals surface area (Å²) in [6.07, 6.45) is 0. The molecule has 1 heterocycles. The molecule has 5 heteroatoms. The van der Waals surface area contributed by atoms with Crippen LogP contribution in [-0.4, -0.2) is 0 Å². The maximum atomic E-state index is 14.0. The lowest BCUT2D eigenvalue weighted by atomic mass is 10.1. The minimum Gasteiger partial charge on any atom is -0.481 e. The van der Waals surface area contributed by atoms with Gasteiger partial charge in [-0.3, -0.25) is 4.79 Å². The monoisotopic (exact) mass is 394 g/mol. The highest BCUT2D eigenvalue weighted by Gasteiger charge is 2.19. The molecule has 0 saturated heterocycles. The third-order valence-electron chi connectivity index (χ3n) is 4.50. The van der Waals surface area contributed by atoms with Gasteiger partial charge in [-0.15, -0.1) is 0 Å². The first-order valence-electron chi connectivity index (χ1n) is 8.73. The van der Waals surface area contributed by atoms with E-state index in [9.17, 15) is 9.18 Å². The van der Waals surface area contributed by atoms with Crippen LogP contribution in [0.1, 0.15) is 11.1 Å². The zero-order valence-electron chi connectivity index (χ0n) is 15.0. The summed E-state index contributed by atoms with van der Waals surface area (Å²) >= 11 is 6.19. The molecule has 0 unspecified atom stereocenters. The van der Waals surface area contributed by atoms with Crippen molar-refractivity contribution < 1.29 is 13.5 Å². The molecular weight excluding hydrogens is 379 g/mol. The number of hydrogen-bond donors (Lipinski definition) is 0. The molecule has 0 aliphatic carbocycles. The van der Waals surface area contributed by atoms with Crippen molar-refractivity contribution in [3.63, 3.8) is 0 Å². The van der Waals surface area contributed by atoms with Crippen LogP contribution in [0.4, 0.5) is 4.39 Å². The standard InChI is InChI=1S/C23H16ClFO3/c1-14-11-20-17(12-18(14)24)21(26)23(22(28-20)15-7-3-2-4-8-15)27-13-16-9-5-6-10-19(16)25/h2-12H,13H2,1H3. The van der Waals surface area contributed by atoms with Crippen LogP contribution in [0.2, 0.25) is 5.02 Å². The summed E-state index contributed by atoms with van der Waals surface area (Å²) < 4.78 is 25.8. The van der Waals surface area contributed by atoms with E-state index in [0.29, 0.717) is 32.9 Å². The number of aryl methyl sites for hydroxylation is 1. The molecule has 140 valence electrons. The van der Waals surface area contributed by atoms with E-state index < -0.39 is 5.82 Å². The number of ether oxygens (including phenoxy) is 1. The number of hydrogen-bond acceptors (Lipinski definition) is 3. The predicted molar refractivity (Wildman–Crippen MR) is 108 cm³/mol. The fourth-order valence-corrected chi connectivity index (χ4v) is 3.14. The molecule has 1 aromatic heterocycles. The molecular formula is C23H16ClFO3. The van der Waals surface area contributed by atoms with E-state index in [1.54, 1.807) is 30.3 Å². The second-order valence-corrected chi connectivity index (χ2v) is 6.84. The van der Waals surface area contributed by atoms with Crippen LogP contribution in [-0.2, 0) is 6.61 Å². The molecule has 4 rings (SSSR count). The Morgan fingerprint density at radius 2 is 1.75 bits per heavy atom. The molecule has 0 amide bonds. The smallest absolute Gasteiger partial charge is 0.235 e. The first kappa shape index (κ1) is 18.3. The lowest BCUT2D eigenvalue weighted by molar-refractivity contribution is 0.292. The van der Waals surface area contributed by atoms with Crippen LogP contribution in [0, 0.1) is 12.7 Å². The van der Waals surface area contributed by atoms with Crippen molar-refractivity contribution in [1.82, 2.24) is 0 Å². The van der Waals surface area contributed by atoms with Gasteiger partial charge >= 0.3 is 0 Å². The lowest BCUT2D eigenvalue weighted by Crippen LogP contribution is -2.11. The molecule has 0 N–H and O–H groups in total. The van der Waals surface area contributed by atoms with Gasteiger partial charge in [-0.25, -0.2) is 4.39 Å². The number of fused-ring (bicyclic) bond motifs is 1. The molecule has 4 aromatic rings. The van der Waals surface area contributed by atoms with E-state index in [2.05, 4.69) is 0 Å². The van der Waals surface area contributed by atoms with E-state index in [1.807, 2.05) is 37.3 Å². The van der Waals surface area contributed by atoms with Gasteiger partial charge in [-0.1, -0.05) is 60.1 Å². The third-order valence-corrected chi connectivity index (χ3v) is 4.90. The molecule has 0 saturated carbocycles. The minimum atomic E-state index is -0.396. The van der Waals surface area contributed by atoms with Gasteiger partial charge < -0.3 is 9.15 Å². The van der Waals surface area contributed by atoms with Crippen molar-refractivity contribution in [2.75, 3.05) is 0 Å². The van der Waals surface area contributed by atoms with Crippen molar-refractivity contribution in [1.29, 1.82) is 0 Å². The second-order valence-electron chi connectivity index (χ2n) is 6.43. The average molecular weight is 395 g/mol. The Morgan fingerprint density at radius 3 is 2.50 bits per heavy atom. The van der Waals surface area contributed by atoms with E-state index in [0.717, 1.165) is 5.56 Å². The third kappa shape index (κ3) is 3.39. The van der Waals surface area contributed by atoms with Gasteiger partial charge in [0.2, 0.25) is 11.2 Å². The van der Waals surface area contributed by atoms with Crippen LogP contribution in [0.15, 0.2) is 75.9 Å². The van der Waals surface area contributed by atoms with Crippen LogP contribution in [0.5, 0.6) is 5.75 Å². The lowest BCUT2D eigenvalue weighted by Gasteiger charge is -2.13. The van der Waals surface area contributed by atoms with Crippen LogP contribution < -0.4 is 10.2 Å². The molecule has 0 radical (unpaired) electrons. The van der Waals surface area contributed by atoms with E-state index in [4.69, 9.17) is 20.8 Å². The van der Waals surface area contributed by atoms with Crippen molar-refractivity contribution in [3.8, 4) is 17.1 Å². The summed E-state index contributed by atoms with van der Waals surface area (Å²) in [4.78, 5) is 13.2. The maximum Gasteiger partial charge on any atom is 0.235 e. The summed E-state index contributed by atoms with van der Waals surface area (Å²) in [5.41, 5.74) is 1.92. The fourth-order valence-electron chi connectivity index (χ4n) is 2.97. The first-order chi connectivity index (χ1) is 13.5. The normalized spacial score (nSPS) is 11.0. The van der Waals surface area contributed by atoms with Gasteiger partial charge in [0.15, 0.2) is 5.76 Å². The first-order valence-corrected chi connectivity index (χ1v) is 9.11. The maximum absolute atomic E-state index is 14.0. The molecule has 3 aromatic carbocycles. The van der Waals surface area contributed by atoms with Crippen molar-refractivity contribution >= 4 is 22.6 Å². The molecule has 0 bridgehead atoms. The van der Waals surface area contributed by atoms with Gasteiger partial charge in [0.1, 0.15) is 18.0 Å². The van der Waals surface area contributed by atoms with Gasteiger partial charge in [-0.2, -0.15) is 0 Å². The molecule has 0 spiro atoms. The second kappa shape index (κ2) is 7.49. The highest BCUT2D eigenvalue weighted by molar-refractivity contribution is 6.32. The predicted octanol–water partition coefficient (Wildman–Crippen LogP) is 6.14. The van der Waals surface area contributed by atoms with E-state index in [1.165, 1.54) is 6.07 Å². The Morgan fingerprint density at radius 1 is 1.04 bits per heavy atom. The van der Waals surface area contributed by atoms with Crippen LogP contribution in [0.3, 0.4) is 0 Å². The molecule has 0 aliphatic rings. The Hall–Kier alpha value is -3.11. The van der Waals surface area contributed by atoms with Gasteiger partial charge in [0.05, 0.1) is 5.39 Å². The average Bonchev–Trinajstić information content (AvgIpc) is 2.70. The van der Waals surface area contributed by atoms with Crippen LogP contribution >= 0.6 is 11.6 Å². The topological polar surface area (TPSA) is 39.4 Å². The Labute approximate surface area is 166 Å². The zero-order chi connectivity index (χ0) is 19.7. The fraction of sp³-hybridized carbons (Fsp3) is 0.0870. The minimum absolute atomic E-state index is 0.0295. The largest absolute Gasteiger partial charge is 0.481 e. The molecule has 0 aliphatic heterocycles. The molecule has 28 heavy (non-hydrogen) atoms. The van der Waals surface area contributed by atoms with Gasteiger partial charge in [-0.05, 0) is 30.7 Å². The zero-order valence-corrected chi connectivity index (χ0v) is 15.8. The van der Waals surface area contributed by atoms with E-state index >= 15 is 0 Å². The number of halogens is 2. The van der Waals surface area contributed by atoms with Crippen LogP contribution in [0.25, 0.3) is 22.3 Å². The Balaban J connectivity index is 1.89. The summed E-state index contributed by atoms with van der Waals surface area (Å²) in [5.74, 6) is -0.0642. The SMILES string of the molecule is Cc1cc2oc(-c3ccccc3)c(OCc3ccccc3F)c(=O)c2cc1Cl. The summed E-state index contributed by atoms with van der Waals surface area (Å²) in [6, 6.07) is 18.8. The van der Waals surface area contributed by atoms with Crippen molar-refractivity contribution in [2.45, 2.75) is 13.5 Å². The Kier molecular flexibility index (Phi) is 4.88. The summed E-state index contributed by atoms with van der Waals surface area (Å²) in [7, 11) is 0. The van der Waals surface area contributed by atoms with Crippen molar-refractivity contribution in [2.24, 2.45) is 0 Å².